The lowest BCUT2D eigenvalue weighted by atomic mass is 10.0. The quantitative estimate of drug-likeness (QED) is 0.900. The van der Waals surface area contributed by atoms with Crippen LogP contribution in [0, 0.1) is 6.92 Å². The van der Waals surface area contributed by atoms with E-state index in [1.807, 2.05) is 11.6 Å². The van der Waals surface area contributed by atoms with E-state index in [2.05, 4.69) is 39.9 Å². The van der Waals surface area contributed by atoms with Crippen molar-refractivity contribution in [3.05, 3.63) is 15.9 Å². The van der Waals surface area contributed by atoms with Crippen LogP contribution in [0.4, 0.5) is 0 Å². The maximum Gasteiger partial charge on any atom is 0.0856 e. The number of aryl methyl sites for hydroxylation is 2. The van der Waals surface area contributed by atoms with E-state index in [0.717, 1.165) is 42.8 Å². The van der Waals surface area contributed by atoms with E-state index in [9.17, 15) is 0 Å². The van der Waals surface area contributed by atoms with Crippen molar-refractivity contribution in [3.63, 3.8) is 0 Å². The topological polar surface area (TPSA) is 56.3 Å². The first-order valence-electron chi connectivity index (χ1n) is 6.80. The van der Waals surface area contributed by atoms with Gasteiger partial charge in [-0.05, 0) is 36.8 Å². The van der Waals surface area contributed by atoms with Gasteiger partial charge >= 0.3 is 0 Å². The van der Waals surface area contributed by atoms with E-state index < -0.39 is 0 Å². The molecule has 1 aliphatic heterocycles. The van der Waals surface area contributed by atoms with Gasteiger partial charge < -0.3 is 15.4 Å². The van der Waals surface area contributed by atoms with Gasteiger partial charge in [0.25, 0.3) is 0 Å². The zero-order valence-corrected chi connectivity index (χ0v) is 13.5. The molecule has 2 unspecified atom stereocenters. The molecule has 2 atom stereocenters. The Hall–Kier alpha value is -0.430. The van der Waals surface area contributed by atoms with Crippen LogP contribution in [0.5, 0.6) is 0 Å². The molecule has 0 radical (unpaired) electrons. The van der Waals surface area contributed by atoms with Crippen molar-refractivity contribution < 1.29 is 4.74 Å². The molecule has 0 aliphatic carbocycles. The summed E-state index contributed by atoms with van der Waals surface area (Å²) in [5.41, 5.74) is 8.52. The SMILES string of the molecule is CCn1nc(C)c(Br)c1CC(N)C1CN(C)CCO1. The second-order valence-electron chi connectivity index (χ2n) is 5.20. The molecule has 1 aromatic rings. The second-order valence-corrected chi connectivity index (χ2v) is 5.99. The van der Waals surface area contributed by atoms with Crippen LogP contribution in [-0.4, -0.2) is 53.6 Å². The summed E-state index contributed by atoms with van der Waals surface area (Å²) in [6.07, 6.45) is 0.888. The van der Waals surface area contributed by atoms with Gasteiger partial charge in [-0.15, -0.1) is 0 Å². The summed E-state index contributed by atoms with van der Waals surface area (Å²) >= 11 is 3.62. The van der Waals surface area contributed by atoms with Crippen molar-refractivity contribution in [2.24, 2.45) is 5.73 Å². The molecule has 1 saturated heterocycles. The van der Waals surface area contributed by atoms with Crippen LogP contribution in [0.25, 0.3) is 0 Å². The average molecular weight is 331 g/mol. The van der Waals surface area contributed by atoms with E-state index in [0.29, 0.717) is 0 Å². The molecule has 5 nitrogen and oxygen atoms in total. The van der Waals surface area contributed by atoms with Gasteiger partial charge in [0, 0.05) is 32.1 Å². The van der Waals surface area contributed by atoms with Crippen molar-refractivity contribution in [1.29, 1.82) is 0 Å². The summed E-state index contributed by atoms with van der Waals surface area (Å²) < 4.78 is 8.89. The first-order chi connectivity index (χ1) is 9.02. The molecule has 0 aromatic carbocycles. The van der Waals surface area contributed by atoms with E-state index in [1.54, 1.807) is 0 Å². The Kier molecular flexibility index (Phi) is 5.00. The molecule has 6 heteroatoms. The standard InChI is InChI=1S/C13H23BrN4O/c1-4-18-11(13(14)9(2)16-18)7-10(15)12-8-17(3)5-6-19-12/h10,12H,4-8,15H2,1-3H3. The number of halogens is 1. The minimum Gasteiger partial charge on any atom is -0.374 e. The maximum absolute atomic E-state index is 6.33. The fraction of sp³-hybridized carbons (Fsp3) is 0.769. The van der Waals surface area contributed by atoms with Crippen LogP contribution in [-0.2, 0) is 17.7 Å². The number of aromatic nitrogens is 2. The zero-order chi connectivity index (χ0) is 14.0. The van der Waals surface area contributed by atoms with Gasteiger partial charge in [0.2, 0.25) is 0 Å². The van der Waals surface area contributed by atoms with Crippen molar-refractivity contribution in [1.82, 2.24) is 14.7 Å². The first kappa shape index (κ1) is 15.0. The summed E-state index contributed by atoms with van der Waals surface area (Å²) in [4.78, 5) is 2.27. The average Bonchev–Trinajstić information content (AvgIpc) is 2.66. The van der Waals surface area contributed by atoms with Crippen LogP contribution in [0.2, 0.25) is 0 Å². The highest BCUT2D eigenvalue weighted by molar-refractivity contribution is 9.10. The molecule has 1 fully saturated rings. The van der Waals surface area contributed by atoms with Crippen molar-refractivity contribution in [2.75, 3.05) is 26.7 Å². The molecule has 108 valence electrons. The normalized spacial score (nSPS) is 22.7. The summed E-state index contributed by atoms with van der Waals surface area (Å²) in [6, 6.07) is 0.000417. The Morgan fingerprint density at radius 2 is 2.32 bits per heavy atom. The predicted molar refractivity (Wildman–Crippen MR) is 79.3 cm³/mol. The fourth-order valence-corrected chi connectivity index (χ4v) is 2.93. The second kappa shape index (κ2) is 6.35. The number of nitrogens with zero attached hydrogens (tertiary/aromatic N) is 3. The van der Waals surface area contributed by atoms with Crippen LogP contribution >= 0.6 is 15.9 Å². The molecular formula is C13H23BrN4O. The highest BCUT2D eigenvalue weighted by Crippen LogP contribution is 2.23. The summed E-state index contributed by atoms with van der Waals surface area (Å²) in [6.45, 7) is 7.62. The Balaban J connectivity index is 2.07. The smallest absolute Gasteiger partial charge is 0.0856 e. The van der Waals surface area contributed by atoms with Crippen LogP contribution in [0.15, 0.2) is 4.47 Å². The maximum atomic E-state index is 6.33. The Bertz CT molecular complexity index is 435. The Morgan fingerprint density at radius 3 is 2.95 bits per heavy atom. The third-order valence-corrected chi connectivity index (χ3v) is 4.69. The molecule has 0 bridgehead atoms. The number of morpholine rings is 1. The lowest BCUT2D eigenvalue weighted by molar-refractivity contribution is -0.0321. The third-order valence-electron chi connectivity index (χ3n) is 3.66. The molecule has 0 amide bonds. The van der Waals surface area contributed by atoms with E-state index in [-0.39, 0.29) is 12.1 Å². The van der Waals surface area contributed by atoms with Crippen LogP contribution < -0.4 is 5.73 Å². The molecule has 2 rings (SSSR count). The summed E-state index contributed by atoms with van der Waals surface area (Å²) in [7, 11) is 2.11. The monoisotopic (exact) mass is 330 g/mol. The van der Waals surface area contributed by atoms with Gasteiger partial charge in [0.15, 0.2) is 0 Å². The molecule has 0 saturated carbocycles. The van der Waals surface area contributed by atoms with Crippen molar-refractivity contribution >= 4 is 15.9 Å². The molecule has 19 heavy (non-hydrogen) atoms. The number of hydrogen-bond acceptors (Lipinski definition) is 4. The van der Waals surface area contributed by atoms with Crippen LogP contribution in [0.1, 0.15) is 18.3 Å². The van der Waals surface area contributed by atoms with Gasteiger partial charge in [-0.1, -0.05) is 0 Å². The van der Waals surface area contributed by atoms with Gasteiger partial charge in [-0.3, -0.25) is 4.68 Å². The Morgan fingerprint density at radius 1 is 1.58 bits per heavy atom. The minimum atomic E-state index is 0.000417. The molecule has 1 aliphatic rings. The molecule has 2 N–H and O–H groups in total. The van der Waals surface area contributed by atoms with Gasteiger partial charge in [-0.2, -0.15) is 5.10 Å². The van der Waals surface area contributed by atoms with E-state index in [1.165, 1.54) is 5.69 Å². The first-order valence-corrected chi connectivity index (χ1v) is 7.59. The summed E-state index contributed by atoms with van der Waals surface area (Å²) in [5, 5.41) is 4.50. The minimum absolute atomic E-state index is 0.000417. The van der Waals surface area contributed by atoms with Crippen molar-refractivity contribution in [3.8, 4) is 0 Å². The molecule has 0 spiro atoms. The number of hydrogen-bond donors (Lipinski definition) is 1. The lowest BCUT2D eigenvalue weighted by Gasteiger charge is -2.33. The number of ether oxygens (including phenoxy) is 1. The van der Waals surface area contributed by atoms with Crippen molar-refractivity contribution in [2.45, 2.75) is 39.0 Å². The highest BCUT2D eigenvalue weighted by atomic mass is 79.9. The molecule has 1 aromatic heterocycles. The van der Waals surface area contributed by atoms with E-state index in [4.69, 9.17) is 10.5 Å². The predicted octanol–water partition coefficient (Wildman–Crippen LogP) is 1.17. The summed E-state index contributed by atoms with van der Waals surface area (Å²) in [5.74, 6) is 0. The highest BCUT2D eigenvalue weighted by Gasteiger charge is 2.26. The zero-order valence-electron chi connectivity index (χ0n) is 11.9. The van der Waals surface area contributed by atoms with Crippen LogP contribution in [0.3, 0.4) is 0 Å². The fourth-order valence-electron chi connectivity index (χ4n) is 2.49. The van der Waals surface area contributed by atoms with Gasteiger partial charge in [-0.25, -0.2) is 0 Å². The molecular weight excluding hydrogens is 308 g/mol. The Labute approximate surface area is 123 Å². The number of nitrogens with two attached hydrogens (primary N) is 1. The lowest BCUT2D eigenvalue weighted by Crippen LogP contribution is -2.50. The molecule has 2 heterocycles. The largest absolute Gasteiger partial charge is 0.374 e. The third kappa shape index (κ3) is 3.37. The number of likely N-dealkylation sites (N-methyl/N-ethyl adjacent to an activating group) is 1. The van der Waals surface area contributed by atoms with Gasteiger partial charge in [0.1, 0.15) is 0 Å². The number of rotatable bonds is 4. The van der Waals surface area contributed by atoms with Gasteiger partial charge in [0.05, 0.1) is 28.6 Å². The van der Waals surface area contributed by atoms with E-state index >= 15 is 0 Å².